The van der Waals surface area contributed by atoms with Crippen LogP contribution in [0.15, 0.2) is 29.6 Å². The van der Waals surface area contributed by atoms with Crippen LogP contribution in [0.4, 0.5) is 0 Å². The molecule has 0 radical (unpaired) electrons. The Labute approximate surface area is 118 Å². The second-order valence-corrected chi connectivity index (χ2v) is 5.31. The fourth-order valence-electron chi connectivity index (χ4n) is 1.83. The molecule has 1 atom stereocenters. The van der Waals surface area contributed by atoms with Crippen molar-refractivity contribution in [1.29, 1.82) is 0 Å². The molecule has 0 aliphatic carbocycles. The molecule has 4 nitrogen and oxygen atoms in total. The van der Waals surface area contributed by atoms with E-state index in [0.29, 0.717) is 6.54 Å². The van der Waals surface area contributed by atoms with Crippen molar-refractivity contribution < 1.29 is 4.74 Å². The second-order valence-electron chi connectivity index (χ2n) is 4.70. The van der Waals surface area contributed by atoms with E-state index in [9.17, 15) is 0 Å². The number of rotatable bonds is 6. The average Bonchev–Trinajstić information content (AvgIpc) is 2.89. The van der Waals surface area contributed by atoms with Crippen molar-refractivity contribution in [3.05, 3.63) is 40.9 Å². The molecule has 0 amide bonds. The van der Waals surface area contributed by atoms with Crippen LogP contribution in [0.1, 0.15) is 38.1 Å². The summed E-state index contributed by atoms with van der Waals surface area (Å²) in [6, 6.07) is 8.34. The lowest BCUT2D eigenvalue weighted by atomic mass is 10.1. The van der Waals surface area contributed by atoms with E-state index < -0.39 is 0 Å². The van der Waals surface area contributed by atoms with Crippen LogP contribution < -0.4 is 10.1 Å². The summed E-state index contributed by atoms with van der Waals surface area (Å²) in [5, 5.41) is 9.42. The van der Waals surface area contributed by atoms with Gasteiger partial charge in [-0.25, -0.2) is 0 Å². The van der Waals surface area contributed by atoms with Gasteiger partial charge in [0.15, 0.2) is 0 Å². The first-order valence-electron chi connectivity index (χ1n) is 6.41. The number of hydrogen-bond donors (Lipinski definition) is 1. The molecule has 1 heterocycles. The molecule has 19 heavy (non-hydrogen) atoms. The predicted octanol–water partition coefficient (Wildman–Crippen LogP) is 3.18. The number of aromatic nitrogens is 2. The van der Waals surface area contributed by atoms with E-state index in [0.717, 1.165) is 11.4 Å². The maximum absolute atomic E-state index is 5.84. The largest absolute Gasteiger partial charge is 0.491 e. The van der Waals surface area contributed by atoms with E-state index in [-0.39, 0.29) is 12.1 Å². The predicted molar refractivity (Wildman–Crippen MR) is 77.4 cm³/mol. The van der Waals surface area contributed by atoms with Crippen molar-refractivity contribution in [2.75, 3.05) is 0 Å². The van der Waals surface area contributed by atoms with E-state index in [2.05, 4.69) is 27.9 Å². The van der Waals surface area contributed by atoms with E-state index in [1.807, 2.05) is 37.4 Å². The fraction of sp³-hybridized carbons (Fsp3) is 0.429. The standard InChI is InChI=1S/C14H19N3OS/c1-10(2)18-14-7-5-4-6-13(14)11(3)15-8-12-9-19-17-16-12/h4-7,9-11,15H,8H2,1-3H3. The van der Waals surface area contributed by atoms with E-state index in [4.69, 9.17) is 4.74 Å². The lowest BCUT2D eigenvalue weighted by Gasteiger charge is -2.19. The van der Waals surface area contributed by atoms with Gasteiger partial charge in [0.1, 0.15) is 5.75 Å². The first kappa shape index (κ1) is 14.0. The van der Waals surface area contributed by atoms with Crippen LogP contribution >= 0.6 is 11.5 Å². The molecule has 0 aliphatic rings. The summed E-state index contributed by atoms with van der Waals surface area (Å²) in [7, 11) is 0. The van der Waals surface area contributed by atoms with Gasteiger partial charge in [-0.05, 0) is 38.4 Å². The number of para-hydroxylation sites is 1. The van der Waals surface area contributed by atoms with Gasteiger partial charge in [-0.1, -0.05) is 22.7 Å². The molecule has 1 aromatic heterocycles. The Morgan fingerprint density at radius 3 is 2.74 bits per heavy atom. The highest BCUT2D eigenvalue weighted by Gasteiger charge is 2.12. The summed E-state index contributed by atoms with van der Waals surface area (Å²) in [5.74, 6) is 0.939. The Balaban J connectivity index is 2.03. The number of hydrogen-bond acceptors (Lipinski definition) is 5. The minimum Gasteiger partial charge on any atom is -0.491 e. The van der Waals surface area contributed by atoms with Gasteiger partial charge in [-0.3, -0.25) is 0 Å². The molecule has 0 fully saturated rings. The summed E-state index contributed by atoms with van der Waals surface area (Å²) in [6.07, 6.45) is 0.177. The first-order valence-corrected chi connectivity index (χ1v) is 7.25. The van der Waals surface area contributed by atoms with Crippen molar-refractivity contribution in [2.45, 2.75) is 39.5 Å². The normalized spacial score (nSPS) is 12.6. The highest BCUT2D eigenvalue weighted by atomic mass is 32.1. The van der Waals surface area contributed by atoms with Gasteiger partial charge in [0.25, 0.3) is 0 Å². The number of nitrogens with one attached hydrogen (secondary N) is 1. The van der Waals surface area contributed by atoms with E-state index in [1.165, 1.54) is 17.1 Å². The molecule has 102 valence electrons. The molecule has 5 heteroatoms. The summed E-state index contributed by atoms with van der Waals surface area (Å²) < 4.78 is 9.69. The third-order valence-corrected chi connectivity index (χ3v) is 3.30. The van der Waals surface area contributed by atoms with Gasteiger partial charge in [-0.15, -0.1) is 5.10 Å². The topological polar surface area (TPSA) is 47.0 Å². The smallest absolute Gasteiger partial charge is 0.124 e. The van der Waals surface area contributed by atoms with Crippen LogP contribution in [0.25, 0.3) is 0 Å². The lowest BCUT2D eigenvalue weighted by molar-refractivity contribution is 0.238. The summed E-state index contributed by atoms with van der Waals surface area (Å²) >= 11 is 1.37. The Hall–Kier alpha value is -1.46. The van der Waals surface area contributed by atoms with Gasteiger partial charge in [0.05, 0.1) is 11.8 Å². The van der Waals surface area contributed by atoms with Crippen molar-refractivity contribution >= 4 is 11.5 Å². The van der Waals surface area contributed by atoms with Crippen LogP contribution in [-0.2, 0) is 6.54 Å². The molecule has 0 spiro atoms. The fourth-order valence-corrected chi connectivity index (χ4v) is 2.28. The van der Waals surface area contributed by atoms with E-state index in [1.54, 1.807) is 0 Å². The van der Waals surface area contributed by atoms with Crippen LogP contribution in [0.2, 0.25) is 0 Å². The molecule has 0 saturated carbocycles. The Bertz CT molecular complexity index is 499. The van der Waals surface area contributed by atoms with Crippen molar-refractivity contribution in [3.63, 3.8) is 0 Å². The van der Waals surface area contributed by atoms with Crippen molar-refractivity contribution in [1.82, 2.24) is 14.9 Å². The zero-order valence-electron chi connectivity index (χ0n) is 11.5. The van der Waals surface area contributed by atoms with Gasteiger partial charge >= 0.3 is 0 Å². The molecule has 1 aromatic carbocycles. The van der Waals surface area contributed by atoms with Gasteiger partial charge in [0, 0.05) is 23.5 Å². The molecule has 1 unspecified atom stereocenters. The van der Waals surface area contributed by atoms with Crippen LogP contribution in [-0.4, -0.2) is 15.7 Å². The molecular weight excluding hydrogens is 258 g/mol. The molecular formula is C14H19N3OS. The molecule has 2 aromatic rings. The quantitative estimate of drug-likeness (QED) is 0.881. The van der Waals surface area contributed by atoms with Crippen molar-refractivity contribution in [3.8, 4) is 5.75 Å². The molecule has 0 saturated heterocycles. The number of nitrogens with zero attached hydrogens (tertiary/aromatic N) is 2. The molecule has 0 aliphatic heterocycles. The third kappa shape index (κ3) is 4.01. The first-order chi connectivity index (χ1) is 9.16. The summed E-state index contributed by atoms with van der Waals surface area (Å²) in [6.45, 7) is 6.92. The van der Waals surface area contributed by atoms with E-state index >= 15 is 0 Å². The minimum atomic E-state index is 0.177. The SMILES string of the molecule is CC(C)Oc1ccccc1C(C)NCc1csnn1. The third-order valence-electron chi connectivity index (χ3n) is 2.74. The molecule has 0 bridgehead atoms. The summed E-state index contributed by atoms with van der Waals surface area (Å²) in [5.41, 5.74) is 2.14. The Kier molecular flexibility index (Phi) is 4.87. The van der Waals surface area contributed by atoms with Crippen LogP contribution in [0, 0.1) is 0 Å². The number of ether oxygens (including phenoxy) is 1. The minimum absolute atomic E-state index is 0.177. The zero-order valence-corrected chi connectivity index (χ0v) is 12.3. The highest BCUT2D eigenvalue weighted by Crippen LogP contribution is 2.25. The highest BCUT2D eigenvalue weighted by molar-refractivity contribution is 7.03. The Morgan fingerprint density at radius 1 is 1.26 bits per heavy atom. The summed E-state index contributed by atoms with van der Waals surface area (Å²) in [4.78, 5) is 0. The van der Waals surface area contributed by atoms with Crippen LogP contribution in [0.5, 0.6) is 5.75 Å². The second kappa shape index (κ2) is 6.63. The van der Waals surface area contributed by atoms with Crippen LogP contribution in [0.3, 0.4) is 0 Å². The zero-order chi connectivity index (χ0) is 13.7. The molecule has 1 N–H and O–H groups in total. The maximum Gasteiger partial charge on any atom is 0.124 e. The monoisotopic (exact) mass is 277 g/mol. The molecule has 2 rings (SSSR count). The van der Waals surface area contributed by atoms with Crippen molar-refractivity contribution in [2.24, 2.45) is 0 Å². The van der Waals surface area contributed by atoms with Gasteiger partial charge < -0.3 is 10.1 Å². The number of benzene rings is 1. The maximum atomic E-state index is 5.84. The Morgan fingerprint density at radius 2 is 2.05 bits per heavy atom. The van der Waals surface area contributed by atoms with Gasteiger partial charge in [0.2, 0.25) is 0 Å². The average molecular weight is 277 g/mol. The lowest BCUT2D eigenvalue weighted by Crippen LogP contribution is -2.19. The van der Waals surface area contributed by atoms with Gasteiger partial charge in [-0.2, -0.15) is 0 Å².